The largest absolute Gasteiger partial charge is 0.493 e. The number of benzene rings is 1. The van der Waals surface area contributed by atoms with E-state index in [2.05, 4.69) is 16.1 Å². The van der Waals surface area contributed by atoms with E-state index in [0.717, 1.165) is 25.3 Å². The van der Waals surface area contributed by atoms with Crippen LogP contribution in [0.15, 0.2) is 18.2 Å². The number of ether oxygens (including phenoxy) is 3. The van der Waals surface area contributed by atoms with E-state index >= 15 is 0 Å². The van der Waals surface area contributed by atoms with E-state index in [4.69, 9.17) is 9.47 Å². The molecule has 0 heterocycles. The van der Waals surface area contributed by atoms with E-state index < -0.39 is 30.1 Å². The lowest BCUT2D eigenvalue weighted by Gasteiger charge is -2.32. The SMILES string of the molecule is COc1cc(C(=O)OC(C)C(=O)NC2(C#N)CCCCC2)ccc1OC(F)F. The van der Waals surface area contributed by atoms with Gasteiger partial charge in [-0.25, -0.2) is 4.79 Å². The number of alkyl halides is 2. The molecule has 0 bridgehead atoms. The average molecular weight is 396 g/mol. The van der Waals surface area contributed by atoms with Crippen LogP contribution in [-0.4, -0.2) is 37.2 Å². The van der Waals surface area contributed by atoms with E-state index in [9.17, 15) is 23.6 Å². The van der Waals surface area contributed by atoms with Crippen LogP contribution in [0.4, 0.5) is 8.78 Å². The summed E-state index contributed by atoms with van der Waals surface area (Å²) >= 11 is 0. The summed E-state index contributed by atoms with van der Waals surface area (Å²) < 4.78 is 39.1. The topological polar surface area (TPSA) is 97.6 Å². The number of amides is 1. The highest BCUT2D eigenvalue weighted by molar-refractivity contribution is 5.93. The molecule has 1 amide bonds. The monoisotopic (exact) mass is 396 g/mol. The predicted octanol–water partition coefficient (Wildman–Crippen LogP) is 3.18. The van der Waals surface area contributed by atoms with Crippen molar-refractivity contribution < 1.29 is 32.6 Å². The van der Waals surface area contributed by atoms with Crippen molar-refractivity contribution in [3.8, 4) is 17.6 Å². The summed E-state index contributed by atoms with van der Waals surface area (Å²) in [5.41, 5.74) is -0.932. The molecule has 1 fully saturated rings. The normalized spacial score (nSPS) is 16.6. The third-order valence-electron chi connectivity index (χ3n) is 4.55. The molecule has 2 rings (SSSR count). The molecule has 1 aliphatic carbocycles. The average Bonchev–Trinajstić information content (AvgIpc) is 2.68. The first-order chi connectivity index (χ1) is 13.3. The van der Waals surface area contributed by atoms with Crippen molar-refractivity contribution >= 4 is 11.9 Å². The van der Waals surface area contributed by atoms with Crippen LogP contribution in [0.1, 0.15) is 49.4 Å². The van der Waals surface area contributed by atoms with E-state index in [-0.39, 0.29) is 17.1 Å². The Morgan fingerprint density at radius 1 is 1.21 bits per heavy atom. The minimum Gasteiger partial charge on any atom is -0.493 e. The fourth-order valence-corrected chi connectivity index (χ4v) is 3.03. The van der Waals surface area contributed by atoms with Crippen molar-refractivity contribution in [1.82, 2.24) is 5.32 Å². The van der Waals surface area contributed by atoms with E-state index in [0.29, 0.717) is 12.8 Å². The summed E-state index contributed by atoms with van der Waals surface area (Å²) in [5.74, 6) is -1.70. The summed E-state index contributed by atoms with van der Waals surface area (Å²) in [5, 5.41) is 12.1. The summed E-state index contributed by atoms with van der Waals surface area (Å²) in [4.78, 5) is 24.7. The van der Waals surface area contributed by atoms with Crippen molar-refractivity contribution in [2.24, 2.45) is 0 Å². The molecular weight excluding hydrogens is 374 g/mol. The summed E-state index contributed by atoms with van der Waals surface area (Å²) in [6.07, 6.45) is 2.67. The standard InChI is InChI=1S/C19H22F2N2O5/c1-12(16(24)23-19(11-22)8-4-3-5-9-19)27-17(25)13-6-7-14(28-18(20)21)15(10-13)26-2/h6-7,10,12,18H,3-5,8-9H2,1-2H3,(H,23,24). The molecular formula is C19H22F2N2O5. The van der Waals surface area contributed by atoms with Crippen LogP contribution in [0.2, 0.25) is 0 Å². The second-order valence-corrected chi connectivity index (χ2v) is 6.54. The van der Waals surface area contributed by atoms with Crippen LogP contribution in [0.3, 0.4) is 0 Å². The molecule has 1 N–H and O–H groups in total. The van der Waals surface area contributed by atoms with Crippen molar-refractivity contribution in [3.05, 3.63) is 23.8 Å². The van der Waals surface area contributed by atoms with Gasteiger partial charge in [0, 0.05) is 0 Å². The van der Waals surface area contributed by atoms with Crippen LogP contribution in [-0.2, 0) is 9.53 Å². The molecule has 9 heteroatoms. The zero-order valence-electron chi connectivity index (χ0n) is 15.7. The van der Waals surface area contributed by atoms with Gasteiger partial charge in [0.05, 0.1) is 18.7 Å². The Labute approximate surface area is 161 Å². The van der Waals surface area contributed by atoms with Crippen molar-refractivity contribution in [2.75, 3.05) is 7.11 Å². The van der Waals surface area contributed by atoms with Crippen LogP contribution < -0.4 is 14.8 Å². The molecule has 1 unspecified atom stereocenters. The molecule has 7 nitrogen and oxygen atoms in total. The number of rotatable bonds is 7. The van der Waals surface area contributed by atoms with Gasteiger partial charge in [-0.3, -0.25) is 4.79 Å². The van der Waals surface area contributed by atoms with Gasteiger partial charge in [-0.15, -0.1) is 0 Å². The lowest BCUT2D eigenvalue weighted by Crippen LogP contribution is -2.52. The molecule has 1 aromatic carbocycles. The number of nitrogens with one attached hydrogen (secondary N) is 1. The second-order valence-electron chi connectivity index (χ2n) is 6.54. The highest BCUT2D eigenvalue weighted by Gasteiger charge is 2.35. The Morgan fingerprint density at radius 2 is 1.89 bits per heavy atom. The van der Waals surface area contributed by atoms with Gasteiger partial charge in [0.15, 0.2) is 17.6 Å². The number of carbonyl (C=O) groups is 2. The number of methoxy groups -OCH3 is 1. The number of hydrogen-bond acceptors (Lipinski definition) is 6. The Kier molecular flexibility index (Phi) is 7.15. The second kappa shape index (κ2) is 9.35. The van der Waals surface area contributed by atoms with E-state index in [1.807, 2.05) is 0 Å². The van der Waals surface area contributed by atoms with Gasteiger partial charge in [-0.1, -0.05) is 19.3 Å². The fraction of sp³-hybridized carbons (Fsp3) is 0.526. The predicted molar refractivity (Wildman–Crippen MR) is 94.1 cm³/mol. The zero-order chi connectivity index (χ0) is 20.7. The lowest BCUT2D eigenvalue weighted by atomic mass is 9.83. The molecule has 0 spiro atoms. The van der Waals surface area contributed by atoms with Crippen molar-refractivity contribution in [2.45, 2.75) is 57.3 Å². The smallest absolute Gasteiger partial charge is 0.387 e. The van der Waals surface area contributed by atoms with Crippen molar-refractivity contribution in [1.29, 1.82) is 5.26 Å². The first kappa shape index (κ1) is 21.4. The van der Waals surface area contributed by atoms with Gasteiger partial charge in [0.2, 0.25) is 0 Å². The van der Waals surface area contributed by atoms with Gasteiger partial charge in [0.1, 0.15) is 5.54 Å². The highest BCUT2D eigenvalue weighted by atomic mass is 19.3. The molecule has 1 aromatic rings. The minimum atomic E-state index is -3.04. The minimum absolute atomic E-state index is 0.00535. The third-order valence-corrected chi connectivity index (χ3v) is 4.55. The number of esters is 1. The Bertz CT molecular complexity index is 757. The van der Waals surface area contributed by atoms with Crippen molar-refractivity contribution in [3.63, 3.8) is 0 Å². The Morgan fingerprint density at radius 3 is 2.46 bits per heavy atom. The number of nitrogens with zero attached hydrogens (tertiary/aromatic N) is 1. The van der Waals surface area contributed by atoms with Gasteiger partial charge >= 0.3 is 12.6 Å². The van der Waals surface area contributed by atoms with Gasteiger partial charge in [-0.2, -0.15) is 14.0 Å². The fourth-order valence-electron chi connectivity index (χ4n) is 3.03. The maximum absolute atomic E-state index is 12.4. The molecule has 28 heavy (non-hydrogen) atoms. The van der Waals surface area contributed by atoms with Crippen LogP contribution in [0.25, 0.3) is 0 Å². The molecule has 152 valence electrons. The maximum Gasteiger partial charge on any atom is 0.387 e. The van der Waals surface area contributed by atoms with Gasteiger partial charge < -0.3 is 19.5 Å². The molecule has 1 aliphatic rings. The van der Waals surface area contributed by atoms with E-state index in [1.54, 1.807) is 0 Å². The van der Waals surface area contributed by atoms with Gasteiger partial charge in [-0.05, 0) is 38.0 Å². The first-order valence-corrected chi connectivity index (χ1v) is 8.87. The summed E-state index contributed by atoms with van der Waals surface area (Å²) in [6.45, 7) is -1.64. The first-order valence-electron chi connectivity index (χ1n) is 8.87. The zero-order valence-corrected chi connectivity index (χ0v) is 15.7. The van der Waals surface area contributed by atoms with Crippen LogP contribution in [0.5, 0.6) is 11.5 Å². The molecule has 0 aromatic heterocycles. The van der Waals surface area contributed by atoms with E-state index in [1.165, 1.54) is 26.2 Å². The molecule has 1 saturated carbocycles. The Hall–Kier alpha value is -2.89. The van der Waals surface area contributed by atoms with Gasteiger partial charge in [0.25, 0.3) is 5.91 Å². The number of nitriles is 1. The molecule has 1 atom stereocenters. The highest BCUT2D eigenvalue weighted by Crippen LogP contribution is 2.30. The van der Waals surface area contributed by atoms with Crippen LogP contribution in [0, 0.1) is 11.3 Å². The molecule has 0 aliphatic heterocycles. The third kappa shape index (κ3) is 5.31. The number of halogens is 2. The summed E-state index contributed by atoms with van der Waals surface area (Å²) in [6, 6.07) is 5.72. The lowest BCUT2D eigenvalue weighted by molar-refractivity contribution is -0.130. The quantitative estimate of drug-likeness (QED) is 0.711. The molecule has 0 radical (unpaired) electrons. The van der Waals surface area contributed by atoms with Crippen LogP contribution >= 0.6 is 0 Å². The Balaban J connectivity index is 2.03. The number of carbonyl (C=O) groups excluding carboxylic acids is 2. The summed E-state index contributed by atoms with van der Waals surface area (Å²) in [7, 11) is 1.24. The maximum atomic E-state index is 12.4. The molecule has 0 saturated heterocycles. The number of hydrogen-bond donors (Lipinski definition) is 1.